The molecule has 4 rings (SSSR count). The third-order valence-corrected chi connectivity index (χ3v) is 6.93. The smallest absolute Gasteiger partial charge is 0.410 e. The molecule has 1 saturated carbocycles. The molecule has 1 aromatic carbocycles. The fourth-order valence-corrected chi connectivity index (χ4v) is 4.91. The maximum atomic E-state index is 12.2. The standard InChI is InChI=1S/C23H30N2O3S/c26-23(28-17-22-24-12-16-29-22)25-13-9-18(10-14-25)11-15-27-21-7-5-20(6-8-21)19-3-1-2-4-19/h5-8,12,16,18-19H,1-4,9-11,13-15,17H2. The summed E-state index contributed by atoms with van der Waals surface area (Å²) in [6.45, 7) is 2.53. The molecule has 2 aromatic rings. The van der Waals surface area contributed by atoms with Crippen LogP contribution in [-0.2, 0) is 11.3 Å². The van der Waals surface area contributed by atoms with Gasteiger partial charge in [-0.3, -0.25) is 0 Å². The van der Waals surface area contributed by atoms with Gasteiger partial charge >= 0.3 is 6.09 Å². The van der Waals surface area contributed by atoms with Crippen LogP contribution in [0.25, 0.3) is 0 Å². The Balaban J connectivity index is 1.12. The predicted octanol–water partition coefficient (Wildman–Crippen LogP) is 5.62. The highest BCUT2D eigenvalue weighted by molar-refractivity contribution is 7.09. The summed E-state index contributed by atoms with van der Waals surface area (Å²) < 4.78 is 11.3. The van der Waals surface area contributed by atoms with Crippen LogP contribution in [0, 0.1) is 5.92 Å². The normalized spacial score (nSPS) is 18.1. The zero-order valence-corrected chi connectivity index (χ0v) is 17.7. The van der Waals surface area contributed by atoms with Crippen LogP contribution < -0.4 is 4.74 Å². The molecule has 6 heteroatoms. The Bertz CT molecular complexity index is 749. The predicted molar refractivity (Wildman–Crippen MR) is 114 cm³/mol. The van der Waals surface area contributed by atoms with Crippen LogP contribution in [0.3, 0.4) is 0 Å². The first-order chi connectivity index (χ1) is 14.3. The van der Waals surface area contributed by atoms with E-state index in [-0.39, 0.29) is 12.7 Å². The minimum Gasteiger partial charge on any atom is -0.494 e. The van der Waals surface area contributed by atoms with Crippen molar-refractivity contribution in [2.45, 2.75) is 57.5 Å². The minimum atomic E-state index is -0.225. The van der Waals surface area contributed by atoms with E-state index in [1.165, 1.54) is 42.6 Å². The molecule has 1 aromatic heterocycles. The van der Waals surface area contributed by atoms with Crippen LogP contribution in [-0.4, -0.2) is 35.7 Å². The third kappa shape index (κ3) is 5.72. The molecular weight excluding hydrogens is 384 g/mol. The van der Waals surface area contributed by atoms with Crippen LogP contribution in [0.4, 0.5) is 4.79 Å². The number of nitrogens with zero attached hydrogens (tertiary/aromatic N) is 2. The van der Waals surface area contributed by atoms with E-state index < -0.39 is 0 Å². The van der Waals surface area contributed by atoms with Gasteiger partial charge < -0.3 is 14.4 Å². The lowest BCUT2D eigenvalue weighted by Crippen LogP contribution is -2.39. The summed E-state index contributed by atoms with van der Waals surface area (Å²) in [7, 11) is 0. The fourth-order valence-electron chi connectivity index (χ4n) is 4.38. The van der Waals surface area contributed by atoms with Gasteiger partial charge in [-0.1, -0.05) is 25.0 Å². The Morgan fingerprint density at radius 2 is 1.86 bits per heavy atom. The molecule has 29 heavy (non-hydrogen) atoms. The van der Waals surface area contributed by atoms with E-state index in [0.717, 1.165) is 55.6 Å². The molecule has 0 atom stereocenters. The Morgan fingerprint density at radius 3 is 2.55 bits per heavy atom. The average molecular weight is 415 g/mol. The first-order valence-corrected chi connectivity index (χ1v) is 11.7. The van der Waals surface area contributed by atoms with Gasteiger partial charge in [0, 0.05) is 24.7 Å². The first-order valence-electron chi connectivity index (χ1n) is 10.8. The largest absolute Gasteiger partial charge is 0.494 e. The van der Waals surface area contributed by atoms with E-state index in [4.69, 9.17) is 9.47 Å². The van der Waals surface area contributed by atoms with Crippen molar-refractivity contribution >= 4 is 17.4 Å². The van der Waals surface area contributed by atoms with Crippen molar-refractivity contribution in [1.82, 2.24) is 9.88 Å². The quantitative estimate of drug-likeness (QED) is 0.590. The molecule has 5 nitrogen and oxygen atoms in total. The number of ether oxygens (including phenoxy) is 2. The molecule has 1 amide bonds. The summed E-state index contributed by atoms with van der Waals surface area (Å²) in [5.74, 6) is 2.33. The van der Waals surface area contributed by atoms with Gasteiger partial charge in [-0.25, -0.2) is 9.78 Å². The summed E-state index contributed by atoms with van der Waals surface area (Å²) in [6, 6.07) is 8.71. The van der Waals surface area contributed by atoms with Gasteiger partial charge in [-0.2, -0.15) is 0 Å². The summed E-state index contributed by atoms with van der Waals surface area (Å²) in [5, 5.41) is 2.72. The Kier molecular flexibility index (Phi) is 7.04. The van der Waals surface area contributed by atoms with E-state index in [2.05, 4.69) is 29.2 Å². The number of thiazole rings is 1. The Morgan fingerprint density at radius 1 is 1.10 bits per heavy atom. The zero-order valence-electron chi connectivity index (χ0n) is 16.9. The molecule has 0 bridgehead atoms. The molecule has 2 fully saturated rings. The highest BCUT2D eigenvalue weighted by Crippen LogP contribution is 2.34. The van der Waals surface area contributed by atoms with E-state index in [0.29, 0.717) is 5.92 Å². The zero-order chi connectivity index (χ0) is 19.9. The second-order valence-corrected chi connectivity index (χ2v) is 9.08. The maximum absolute atomic E-state index is 12.2. The van der Waals surface area contributed by atoms with Crippen molar-refractivity contribution < 1.29 is 14.3 Å². The van der Waals surface area contributed by atoms with Crippen LogP contribution >= 0.6 is 11.3 Å². The number of hydrogen-bond acceptors (Lipinski definition) is 5. The fraction of sp³-hybridized carbons (Fsp3) is 0.565. The van der Waals surface area contributed by atoms with Crippen molar-refractivity contribution in [2.75, 3.05) is 19.7 Å². The van der Waals surface area contributed by atoms with Gasteiger partial charge in [0.15, 0.2) is 0 Å². The number of carbonyl (C=O) groups excluding carboxylic acids is 1. The van der Waals surface area contributed by atoms with Crippen molar-refractivity contribution in [3.8, 4) is 5.75 Å². The van der Waals surface area contributed by atoms with Gasteiger partial charge in [0.25, 0.3) is 0 Å². The number of rotatable bonds is 7. The number of benzene rings is 1. The number of likely N-dealkylation sites (tertiary alicyclic amines) is 1. The molecule has 0 spiro atoms. The van der Waals surface area contributed by atoms with Gasteiger partial charge in [0.05, 0.1) is 6.61 Å². The molecule has 1 aliphatic carbocycles. The number of amides is 1. The Labute approximate surface area is 177 Å². The molecular formula is C23H30N2O3S. The van der Waals surface area contributed by atoms with E-state index in [9.17, 15) is 4.79 Å². The van der Waals surface area contributed by atoms with E-state index in [1.807, 2.05) is 10.3 Å². The average Bonchev–Trinajstić information content (AvgIpc) is 3.47. The SMILES string of the molecule is O=C(OCc1nccs1)N1CCC(CCOc2ccc(C3CCCC3)cc2)CC1. The number of carbonyl (C=O) groups is 1. The van der Waals surface area contributed by atoms with Gasteiger partial charge in [-0.15, -0.1) is 11.3 Å². The lowest BCUT2D eigenvalue weighted by molar-refractivity contribution is 0.0799. The second kappa shape index (κ2) is 10.1. The molecule has 156 valence electrons. The lowest BCUT2D eigenvalue weighted by Gasteiger charge is -2.31. The highest BCUT2D eigenvalue weighted by Gasteiger charge is 2.24. The van der Waals surface area contributed by atoms with Crippen LogP contribution in [0.1, 0.15) is 61.4 Å². The van der Waals surface area contributed by atoms with Gasteiger partial charge in [-0.05, 0) is 61.6 Å². The lowest BCUT2D eigenvalue weighted by atomic mass is 9.94. The van der Waals surface area contributed by atoms with Gasteiger partial charge in [0.1, 0.15) is 17.4 Å². The molecule has 1 saturated heterocycles. The van der Waals surface area contributed by atoms with Gasteiger partial charge in [0.2, 0.25) is 0 Å². The monoisotopic (exact) mass is 414 g/mol. The Hall–Kier alpha value is -2.08. The molecule has 2 aliphatic rings. The topological polar surface area (TPSA) is 51.7 Å². The highest BCUT2D eigenvalue weighted by atomic mass is 32.1. The van der Waals surface area contributed by atoms with Crippen LogP contribution in [0.2, 0.25) is 0 Å². The van der Waals surface area contributed by atoms with Crippen molar-refractivity contribution in [3.63, 3.8) is 0 Å². The number of piperidine rings is 1. The number of aromatic nitrogens is 1. The second-order valence-electron chi connectivity index (χ2n) is 8.10. The first kappa shape index (κ1) is 20.2. The summed E-state index contributed by atoms with van der Waals surface area (Å²) in [6.07, 6.45) is 9.95. The van der Waals surface area contributed by atoms with Crippen LogP contribution in [0.15, 0.2) is 35.8 Å². The summed E-state index contributed by atoms with van der Waals surface area (Å²) >= 11 is 1.51. The molecule has 0 unspecified atom stereocenters. The number of hydrogen-bond donors (Lipinski definition) is 0. The molecule has 1 aliphatic heterocycles. The van der Waals surface area contributed by atoms with Crippen molar-refractivity contribution in [2.24, 2.45) is 5.92 Å². The van der Waals surface area contributed by atoms with E-state index >= 15 is 0 Å². The van der Waals surface area contributed by atoms with E-state index in [1.54, 1.807) is 6.20 Å². The molecule has 0 radical (unpaired) electrons. The minimum absolute atomic E-state index is 0.225. The third-order valence-electron chi connectivity index (χ3n) is 6.18. The summed E-state index contributed by atoms with van der Waals surface area (Å²) in [5.41, 5.74) is 1.46. The summed E-state index contributed by atoms with van der Waals surface area (Å²) in [4.78, 5) is 18.1. The maximum Gasteiger partial charge on any atom is 0.410 e. The van der Waals surface area contributed by atoms with Crippen molar-refractivity contribution in [1.29, 1.82) is 0 Å². The molecule has 0 N–H and O–H groups in total. The van der Waals surface area contributed by atoms with Crippen molar-refractivity contribution in [3.05, 3.63) is 46.4 Å². The molecule has 2 heterocycles. The van der Waals surface area contributed by atoms with Crippen LogP contribution in [0.5, 0.6) is 5.75 Å².